The van der Waals surface area contributed by atoms with Crippen molar-refractivity contribution in [2.24, 2.45) is 10.7 Å². The summed E-state index contributed by atoms with van der Waals surface area (Å²) >= 11 is 0. The molecule has 0 aliphatic carbocycles. The molecule has 0 aliphatic heterocycles. The van der Waals surface area contributed by atoms with E-state index in [1.807, 2.05) is 0 Å². The number of nitrogens with two attached hydrogens (primary N) is 1. The second kappa shape index (κ2) is 7.53. The number of guanidine groups is 1. The van der Waals surface area contributed by atoms with Crippen LogP contribution in [0, 0.1) is 20.8 Å². The van der Waals surface area contributed by atoms with Crippen molar-refractivity contribution < 1.29 is 0 Å². The van der Waals surface area contributed by atoms with Crippen molar-refractivity contribution in [3.05, 3.63) is 34.4 Å². The van der Waals surface area contributed by atoms with Crippen LogP contribution < -0.4 is 11.1 Å². The molecule has 1 aromatic rings. The van der Waals surface area contributed by atoms with E-state index in [4.69, 9.17) is 5.73 Å². The molecular weight excluding hydrogens is 325 g/mol. The largest absolute Gasteiger partial charge is 0.370 e. The van der Waals surface area contributed by atoms with Crippen molar-refractivity contribution in [1.29, 1.82) is 0 Å². The number of aliphatic imine (C=N–C) groups is 1. The summed E-state index contributed by atoms with van der Waals surface area (Å²) in [6, 6.07) is 4.44. The van der Waals surface area contributed by atoms with Crippen molar-refractivity contribution in [3.63, 3.8) is 0 Å². The van der Waals surface area contributed by atoms with E-state index < -0.39 is 0 Å². The zero-order valence-corrected chi connectivity index (χ0v) is 13.3. The first-order chi connectivity index (χ1) is 7.54. The van der Waals surface area contributed by atoms with Crippen LogP contribution in [-0.2, 0) is 6.42 Å². The lowest BCUT2D eigenvalue weighted by molar-refractivity contribution is 0.846. The van der Waals surface area contributed by atoms with Gasteiger partial charge in [0.2, 0.25) is 0 Å². The Morgan fingerprint density at radius 2 is 1.76 bits per heavy atom. The number of nitrogens with one attached hydrogen (secondary N) is 1. The monoisotopic (exact) mass is 347 g/mol. The summed E-state index contributed by atoms with van der Waals surface area (Å²) in [5, 5.41) is 3.08. The van der Waals surface area contributed by atoms with E-state index in [1.165, 1.54) is 22.3 Å². The van der Waals surface area contributed by atoms with Gasteiger partial charge in [-0.25, -0.2) is 0 Å². The van der Waals surface area contributed by atoms with Gasteiger partial charge in [0.25, 0.3) is 0 Å². The molecular formula is C13H22IN3. The fourth-order valence-electron chi connectivity index (χ4n) is 2.00. The van der Waals surface area contributed by atoms with Crippen molar-refractivity contribution in [2.45, 2.75) is 27.2 Å². The molecule has 3 nitrogen and oxygen atoms in total. The molecule has 1 rings (SSSR count). The summed E-state index contributed by atoms with van der Waals surface area (Å²) in [6.45, 7) is 7.27. The van der Waals surface area contributed by atoms with Crippen LogP contribution in [0.15, 0.2) is 17.1 Å². The molecule has 0 spiro atoms. The Hall–Kier alpha value is -0.780. The van der Waals surface area contributed by atoms with E-state index in [0.717, 1.165) is 13.0 Å². The van der Waals surface area contributed by atoms with Crippen LogP contribution in [0.3, 0.4) is 0 Å². The maximum atomic E-state index is 5.58. The molecule has 17 heavy (non-hydrogen) atoms. The molecule has 0 unspecified atom stereocenters. The number of aryl methyl sites for hydroxylation is 3. The molecule has 0 heterocycles. The van der Waals surface area contributed by atoms with E-state index in [2.05, 4.69) is 43.2 Å². The zero-order valence-electron chi connectivity index (χ0n) is 11.0. The van der Waals surface area contributed by atoms with Gasteiger partial charge >= 0.3 is 0 Å². The van der Waals surface area contributed by atoms with E-state index in [-0.39, 0.29) is 24.0 Å². The molecule has 0 aliphatic rings. The molecule has 0 aromatic heterocycles. The first kappa shape index (κ1) is 16.2. The van der Waals surface area contributed by atoms with Gasteiger partial charge in [-0.2, -0.15) is 0 Å². The highest BCUT2D eigenvalue weighted by Crippen LogP contribution is 2.16. The minimum absolute atomic E-state index is 0. The third-order valence-corrected chi connectivity index (χ3v) is 2.76. The fourth-order valence-corrected chi connectivity index (χ4v) is 2.00. The molecule has 0 atom stereocenters. The Morgan fingerprint density at radius 3 is 2.24 bits per heavy atom. The average Bonchev–Trinajstić information content (AvgIpc) is 2.21. The third-order valence-electron chi connectivity index (χ3n) is 2.76. The van der Waals surface area contributed by atoms with Crippen LogP contribution in [0.2, 0.25) is 0 Å². The van der Waals surface area contributed by atoms with E-state index >= 15 is 0 Å². The zero-order chi connectivity index (χ0) is 12.1. The van der Waals surface area contributed by atoms with Crippen molar-refractivity contribution >= 4 is 29.9 Å². The van der Waals surface area contributed by atoms with Crippen LogP contribution in [0.5, 0.6) is 0 Å². The maximum absolute atomic E-state index is 5.58. The first-order valence-electron chi connectivity index (χ1n) is 5.57. The number of rotatable bonds is 3. The molecule has 96 valence electrons. The minimum Gasteiger partial charge on any atom is -0.370 e. The Balaban J connectivity index is 0.00000256. The summed E-state index contributed by atoms with van der Waals surface area (Å²) < 4.78 is 0. The molecule has 0 radical (unpaired) electrons. The Bertz CT molecular complexity index is 377. The van der Waals surface area contributed by atoms with Gasteiger partial charge in [0.15, 0.2) is 5.96 Å². The van der Waals surface area contributed by atoms with Gasteiger partial charge in [0.1, 0.15) is 0 Å². The van der Waals surface area contributed by atoms with Crippen LogP contribution in [-0.4, -0.2) is 19.6 Å². The summed E-state index contributed by atoms with van der Waals surface area (Å²) in [4.78, 5) is 3.86. The van der Waals surface area contributed by atoms with Gasteiger partial charge in [-0.3, -0.25) is 4.99 Å². The lowest BCUT2D eigenvalue weighted by atomic mass is 9.97. The summed E-state index contributed by atoms with van der Waals surface area (Å²) in [5.74, 6) is 0.502. The molecule has 0 bridgehead atoms. The van der Waals surface area contributed by atoms with Crippen LogP contribution in [0.25, 0.3) is 0 Å². The van der Waals surface area contributed by atoms with Crippen molar-refractivity contribution in [1.82, 2.24) is 5.32 Å². The Morgan fingerprint density at radius 1 is 1.24 bits per heavy atom. The smallest absolute Gasteiger partial charge is 0.188 e. The lowest BCUT2D eigenvalue weighted by Gasteiger charge is -2.12. The summed E-state index contributed by atoms with van der Waals surface area (Å²) in [7, 11) is 1.69. The SMILES string of the molecule is CN=C(N)NCCc1c(C)cc(C)cc1C.I. The van der Waals surface area contributed by atoms with Crippen LogP contribution in [0.4, 0.5) is 0 Å². The predicted octanol–water partition coefficient (Wildman–Crippen LogP) is 2.31. The van der Waals surface area contributed by atoms with Gasteiger partial charge in [0, 0.05) is 13.6 Å². The van der Waals surface area contributed by atoms with Crippen LogP contribution >= 0.6 is 24.0 Å². The quantitative estimate of drug-likeness (QED) is 0.501. The first-order valence-corrected chi connectivity index (χ1v) is 5.57. The topological polar surface area (TPSA) is 50.4 Å². The highest BCUT2D eigenvalue weighted by molar-refractivity contribution is 14.0. The second-order valence-corrected chi connectivity index (χ2v) is 4.16. The molecule has 3 N–H and O–H groups in total. The third kappa shape index (κ3) is 4.93. The van der Waals surface area contributed by atoms with Crippen molar-refractivity contribution in [2.75, 3.05) is 13.6 Å². The maximum Gasteiger partial charge on any atom is 0.188 e. The minimum atomic E-state index is 0. The standard InChI is InChI=1S/C13H21N3.HI/c1-9-7-10(2)12(11(3)8-9)5-6-16-13(14)15-4;/h7-8H,5-6H2,1-4H3,(H3,14,15,16);1H. The molecule has 0 saturated carbocycles. The predicted molar refractivity (Wildman–Crippen MR) is 85.3 cm³/mol. The number of benzene rings is 1. The Labute approximate surface area is 121 Å². The molecule has 1 aromatic carbocycles. The molecule has 0 amide bonds. The fraction of sp³-hybridized carbons (Fsp3) is 0.462. The Kier molecular flexibility index (Phi) is 7.18. The number of halogens is 1. The number of nitrogens with zero attached hydrogens (tertiary/aromatic N) is 1. The summed E-state index contributed by atoms with van der Waals surface area (Å²) in [6.07, 6.45) is 0.980. The summed E-state index contributed by atoms with van der Waals surface area (Å²) in [5.41, 5.74) is 11.0. The second-order valence-electron chi connectivity index (χ2n) is 4.16. The van der Waals surface area contributed by atoms with Crippen LogP contribution in [0.1, 0.15) is 22.3 Å². The van der Waals surface area contributed by atoms with Gasteiger partial charge in [-0.15, -0.1) is 24.0 Å². The van der Waals surface area contributed by atoms with Crippen molar-refractivity contribution in [3.8, 4) is 0 Å². The molecule has 4 heteroatoms. The van der Waals surface area contributed by atoms with Gasteiger partial charge in [0.05, 0.1) is 0 Å². The lowest BCUT2D eigenvalue weighted by Crippen LogP contribution is -2.33. The van der Waals surface area contributed by atoms with Gasteiger partial charge in [-0.05, 0) is 43.9 Å². The number of hydrogen-bond donors (Lipinski definition) is 2. The van der Waals surface area contributed by atoms with E-state index in [1.54, 1.807) is 7.05 Å². The van der Waals surface area contributed by atoms with Gasteiger partial charge < -0.3 is 11.1 Å². The number of hydrogen-bond acceptors (Lipinski definition) is 1. The van der Waals surface area contributed by atoms with E-state index in [0.29, 0.717) is 5.96 Å². The highest BCUT2D eigenvalue weighted by atomic mass is 127. The highest BCUT2D eigenvalue weighted by Gasteiger charge is 2.03. The van der Waals surface area contributed by atoms with Gasteiger partial charge in [-0.1, -0.05) is 17.7 Å². The normalized spacial score (nSPS) is 10.9. The average molecular weight is 347 g/mol. The van der Waals surface area contributed by atoms with E-state index in [9.17, 15) is 0 Å². The molecule has 0 fully saturated rings. The molecule has 0 saturated heterocycles.